The second-order valence-electron chi connectivity index (χ2n) is 4.99. The van der Waals surface area contributed by atoms with E-state index in [0.717, 1.165) is 12.0 Å². The molecule has 1 atom stereocenters. The van der Waals surface area contributed by atoms with Gasteiger partial charge in [-0.05, 0) is 25.3 Å². The molecule has 0 heterocycles. The van der Waals surface area contributed by atoms with E-state index in [4.69, 9.17) is 4.74 Å². The summed E-state index contributed by atoms with van der Waals surface area (Å²) in [5.41, 5.74) is 1.75. The number of Topliss-reactive ketones (excluding diaryl/α,β-unsaturated/α-hetero) is 1. The number of nitrogens with one attached hydrogen (secondary N) is 1. The highest BCUT2D eigenvalue weighted by atomic mass is 16.5. The lowest BCUT2D eigenvalue weighted by atomic mass is 10.0. The number of aryl methyl sites for hydroxylation is 1. The van der Waals surface area contributed by atoms with Gasteiger partial charge in [0.25, 0.3) is 0 Å². The van der Waals surface area contributed by atoms with Crippen LogP contribution in [-0.4, -0.2) is 30.3 Å². The second kappa shape index (κ2) is 8.19. The molecule has 1 rings (SSSR count). The van der Waals surface area contributed by atoms with E-state index in [0.29, 0.717) is 12.0 Å². The van der Waals surface area contributed by atoms with Crippen LogP contribution < -0.4 is 5.32 Å². The number of hydrogen-bond acceptors (Lipinski definition) is 4. The fraction of sp³-hybridized carbons (Fsp3) is 0.438. The van der Waals surface area contributed by atoms with Gasteiger partial charge in [-0.1, -0.05) is 24.3 Å². The molecule has 0 spiro atoms. The highest BCUT2D eigenvalue weighted by molar-refractivity contribution is 5.94. The first kappa shape index (κ1) is 16.9. The number of carbonyl (C=O) groups is 3. The Labute approximate surface area is 124 Å². The molecule has 0 aliphatic carbocycles. The number of ketones is 1. The van der Waals surface area contributed by atoms with Gasteiger partial charge in [-0.2, -0.15) is 0 Å². The summed E-state index contributed by atoms with van der Waals surface area (Å²) in [6, 6.07) is 7.16. The topological polar surface area (TPSA) is 72.5 Å². The van der Waals surface area contributed by atoms with Gasteiger partial charge in [0.1, 0.15) is 6.61 Å². The molecule has 1 aromatic rings. The van der Waals surface area contributed by atoms with E-state index in [1.165, 1.54) is 20.8 Å². The summed E-state index contributed by atoms with van der Waals surface area (Å²) in [4.78, 5) is 33.2. The number of esters is 1. The Bertz CT molecular complexity index is 508. The van der Waals surface area contributed by atoms with Gasteiger partial charge in [0.2, 0.25) is 5.91 Å². The van der Waals surface area contributed by atoms with E-state index in [9.17, 15) is 14.4 Å². The van der Waals surface area contributed by atoms with Gasteiger partial charge in [0, 0.05) is 19.4 Å². The minimum absolute atomic E-state index is 0.0348. The van der Waals surface area contributed by atoms with E-state index >= 15 is 0 Å². The summed E-state index contributed by atoms with van der Waals surface area (Å²) in [5.74, 6) is -0.484. The third kappa shape index (κ3) is 6.70. The van der Waals surface area contributed by atoms with Crippen molar-refractivity contribution in [2.75, 3.05) is 6.61 Å². The molecule has 0 radical (unpaired) electrons. The predicted molar refractivity (Wildman–Crippen MR) is 79.0 cm³/mol. The summed E-state index contributed by atoms with van der Waals surface area (Å²) in [7, 11) is 0. The standard InChI is InChI=1S/C16H21NO4/c1-11(18)15-7-4-14(5-8-15)6-9-16(17-12(2)19)10-21-13(3)20/h4-5,7-8,16H,6,9-10H2,1-3H3,(H,17,19). The van der Waals surface area contributed by atoms with Gasteiger partial charge in [-0.3, -0.25) is 14.4 Å². The Kier molecular flexibility index (Phi) is 6.59. The summed E-state index contributed by atoms with van der Waals surface area (Å²) < 4.78 is 4.95. The van der Waals surface area contributed by atoms with Crippen LogP contribution in [0.25, 0.3) is 0 Å². The minimum atomic E-state index is -0.365. The van der Waals surface area contributed by atoms with Gasteiger partial charge in [-0.15, -0.1) is 0 Å². The third-order valence-corrected chi connectivity index (χ3v) is 3.04. The van der Waals surface area contributed by atoms with Gasteiger partial charge in [0.05, 0.1) is 6.04 Å². The molecular weight excluding hydrogens is 270 g/mol. The quantitative estimate of drug-likeness (QED) is 0.615. The summed E-state index contributed by atoms with van der Waals surface area (Å²) >= 11 is 0. The van der Waals surface area contributed by atoms with Crippen LogP contribution in [0.5, 0.6) is 0 Å². The van der Waals surface area contributed by atoms with Crippen LogP contribution in [0.2, 0.25) is 0 Å². The molecule has 0 fully saturated rings. The maximum atomic E-state index is 11.2. The Hall–Kier alpha value is -2.17. The number of carbonyl (C=O) groups excluding carboxylic acids is 3. The maximum Gasteiger partial charge on any atom is 0.302 e. The van der Waals surface area contributed by atoms with Crippen molar-refractivity contribution in [3.8, 4) is 0 Å². The summed E-state index contributed by atoms with van der Waals surface area (Å²) in [5, 5.41) is 2.76. The molecule has 1 unspecified atom stereocenters. The van der Waals surface area contributed by atoms with Crippen molar-refractivity contribution in [2.24, 2.45) is 0 Å². The zero-order valence-corrected chi connectivity index (χ0v) is 12.6. The predicted octanol–water partition coefficient (Wildman–Crippen LogP) is 1.89. The van der Waals surface area contributed by atoms with Gasteiger partial charge >= 0.3 is 5.97 Å². The van der Waals surface area contributed by atoms with Gasteiger partial charge in [-0.25, -0.2) is 0 Å². The van der Waals surface area contributed by atoms with E-state index in [2.05, 4.69) is 5.32 Å². The SMILES string of the molecule is CC(=O)NC(CCc1ccc(C(C)=O)cc1)COC(C)=O. The number of hydrogen-bond donors (Lipinski definition) is 1. The highest BCUT2D eigenvalue weighted by Gasteiger charge is 2.12. The average Bonchev–Trinajstić information content (AvgIpc) is 2.41. The van der Waals surface area contributed by atoms with Crippen LogP contribution in [0.4, 0.5) is 0 Å². The average molecular weight is 291 g/mol. The molecule has 1 amide bonds. The molecule has 1 aromatic carbocycles. The largest absolute Gasteiger partial charge is 0.464 e. The molecule has 0 saturated heterocycles. The molecular formula is C16H21NO4. The second-order valence-corrected chi connectivity index (χ2v) is 4.99. The van der Waals surface area contributed by atoms with Gasteiger partial charge in [0.15, 0.2) is 5.78 Å². The summed E-state index contributed by atoms with van der Waals surface area (Å²) in [6.45, 7) is 4.47. The monoisotopic (exact) mass is 291 g/mol. The molecule has 0 bridgehead atoms. The molecule has 0 saturated carbocycles. The lowest BCUT2D eigenvalue weighted by molar-refractivity contribution is -0.142. The number of ether oxygens (including phenoxy) is 1. The molecule has 5 nitrogen and oxygen atoms in total. The van der Waals surface area contributed by atoms with Crippen molar-refractivity contribution in [3.05, 3.63) is 35.4 Å². The Morgan fingerprint density at radius 3 is 2.19 bits per heavy atom. The van der Waals surface area contributed by atoms with Crippen LogP contribution in [0.15, 0.2) is 24.3 Å². The minimum Gasteiger partial charge on any atom is -0.464 e. The molecule has 21 heavy (non-hydrogen) atoms. The van der Waals surface area contributed by atoms with Gasteiger partial charge < -0.3 is 10.1 Å². The van der Waals surface area contributed by atoms with Crippen LogP contribution in [0.3, 0.4) is 0 Å². The Morgan fingerprint density at radius 2 is 1.71 bits per heavy atom. The maximum absolute atomic E-state index is 11.2. The molecule has 1 N–H and O–H groups in total. The molecule has 0 aliphatic heterocycles. The van der Waals surface area contributed by atoms with E-state index in [1.807, 2.05) is 12.1 Å². The first-order chi connectivity index (χ1) is 9.88. The summed E-state index contributed by atoms with van der Waals surface area (Å²) in [6.07, 6.45) is 1.39. The van der Waals surface area contributed by atoms with Crippen molar-refractivity contribution < 1.29 is 19.1 Å². The zero-order valence-electron chi connectivity index (χ0n) is 12.6. The molecule has 0 aromatic heterocycles. The Morgan fingerprint density at radius 1 is 1.10 bits per heavy atom. The lowest BCUT2D eigenvalue weighted by Crippen LogP contribution is -2.37. The molecule has 0 aliphatic rings. The van der Waals surface area contributed by atoms with E-state index < -0.39 is 0 Å². The van der Waals surface area contributed by atoms with Crippen molar-refractivity contribution in [3.63, 3.8) is 0 Å². The number of benzene rings is 1. The van der Waals surface area contributed by atoms with Crippen LogP contribution in [-0.2, 0) is 20.7 Å². The van der Waals surface area contributed by atoms with Crippen molar-refractivity contribution in [1.29, 1.82) is 0 Å². The molecule has 114 valence electrons. The fourth-order valence-electron chi connectivity index (χ4n) is 1.95. The number of amides is 1. The van der Waals surface area contributed by atoms with Crippen LogP contribution in [0, 0.1) is 0 Å². The smallest absolute Gasteiger partial charge is 0.302 e. The highest BCUT2D eigenvalue weighted by Crippen LogP contribution is 2.09. The van der Waals surface area contributed by atoms with Crippen molar-refractivity contribution in [2.45, 2.75) is 39.7 Å². The Balaban J connectivity index is 2.56. The lowest BCUT2D eigenvalue weighted by Gasteiger charge is -2.17. The van der Waals surface area contributed by atoms with Crippen molar-refractivity contribution in [1.82, 2.24) is 5.32 Å². The first-order valence-corrected chi connectivity index (χ1v) is 6.89. The van der Waals surface area contributed by atoms with Crippen molar-refractivity contribution >= 4 is 17.7 Å². The van der Waals surface area contributed by atoms with Crippen LogP contribution >= 0.6 is 0 Å². The number of rotatable bonds is 7. The van der Waals surface area contributed by atoms with Crippen LogP contribution in [0.1, 0.15) is 43.1 Å². The third-order valence-electron chi connectivity index (χ3n) is 3.04. The first-order valence-electron chi connectivity index (χ1n) is 6.89. The molecule has 5 heteroatoms. The fourth-order valence-corrected chi connectivity index (χ4v) is 1.95. The van der Waals surface area contributed by atoms with E-state index in [-0.39, 0.29) is 30.3 Å². The normalized spacial score (nSPS) is 11.6. The zero-order chi connectivity index (χ0) is 15.8. The van der Waals surface area contributed by atoms with E-state index in [1.54, 1.807) is 12.1 Å².